The van der Waals surface area contributed by atoms with Crippen LogP contribution >= 0.6 is 0 Å². The number of aryl methyl sites for hydroxylation is 1. The third-order valence-electron chi connectivity index (χ3n) is 5.26. The van der Waals surface area contributed by atoms with Gasteiger partial charge in [-0.1, -0.05) is 6.07 Å². The van der Waals surface area contributed by atoms with E-state index < -0.39 is 13.1 Å². The lowest BCUT2D eigenvalue weighted by atomic mass is 9.78. The second-order valence-corrected chi connectivity index (χ2v) is 7.03. The van der Waals surface area contributed by atoms with Gasteiger partial charge in [0.05, 0.1) is 12.2 Å². The second-order valence-electron chi connectivity index (χ2n) is 7.03. The van der Waals surface area contributed by atoms with E-state index in [-0.39, 0.29) is 35.4 Å². The van der Waals surface area contributed by atoms with Gasteiger partial charge in [0.15, 0.2) is 6.10 Å². The summed E-state index contributed by atoms with van der Waals surface area (Å²) in [5, 5.41) is 19.5. The first-order valence-electron chi connectivity index (χ1n) is 9.27. The zero-order valence-electron chi connectivity index (χ0n) is 14.6. The minimum absolute atomic E-state index is 0.0396. The summed E-state index contributed by atoms with van der Waals surface area (Å²) >= 11 is 0. The highest BCUT2D eigenvalue weighted by Crippen LogP contribution is 2.38. The van der Waals surface area contributed by atoms with E-state index in [0.29, 0.717) is 26.0 Å². The van der Waals surface area contributed by atoms with Gasteiger partial charge in [0, 0.05) is 13.2 Å². The molecule has 0 radical (unpaired) electrons. The molecule has 2 fully saturated rings. The van der Waals surface area contributed by atoms with E-state index in [1.54, 1.807) is 6.07 Å². The number of aromatic carboxylic acids is 1. The van der Waals surface area contributed by atoms with Gasteiger partial charge in [-0.05, 0) is 50.1 Å². The molecule has 0 aliphatic carbocycles. The Balaban J connectivity index is 1.67. The van der Waals surface area contributed by atoms with Crippen molar-refractivity contribution in [1.82, 2.24) is 0 Å². The average Bonchev–Trinajstić information content (AvgIpc) is 3.32. The van der Waals surface area contributed by atoms with Crippen molar-refractivity contribution in [2.45, 2.75) is 56.7 Å². The van der Waals surface area contributed by atoms with Crippen molar-refractivity contribution in [2.75, 3.05) is 13.2 Å². The molecule has 0 spiro atoms. The number of hydrogen-bond donors (Lipinski definition) is 2. The predicted molar refractivity (Wildman–Crippen MR) is 92.9 cm³/mol. The van der Waals surface area contributed by atoms with Crippen molar-refractivity contribution < 1.29 is 33.8 Å². The number of carboxylic acids is 1. The van der Waals surface area contributed by atoms with Gasteiger partial charge in [0.25, 0.3) is 0 Å². The Kier molecular flexibility index (Phi) is 5.06. The molecule has 2 atom stereocenters. The Morgan fingerprint density at radius 1 is 1.19 bits per heavy atom. The Bertz CT molecular complexity index is 652. The van der Waals surface area contributed by atoms with Crippen LogP contribution in [0.15, 0.2) is 12.1 Å². The zero-order valence-corrected chi connectivity index (χ0v) is 14.6. The molecule has 1 aromatic carbocycles. The molecule has 2 saturated heterocycles. The smallest absolute Gasteiger partial charge is 0.522 e. The molecule has 0 saturated carbocycles. The summed E-state index contributed by atoms with van der Waals surface area (Å²) in [7, 11) is -0.997. The van der Waals surface area contributed by atoms with Crippen LogP contribution in [0.3, 0.4) is 0 Å². The van der Waals surface area contributed by atoms with E-state index in [0.717, 1.165) is 31.2 Å². The molecule has 3 heterocycles. The molecule has 0 aromatic heterocycles. The van der Waals surface area contributed by atoms with Crippen molar-refractivity contribution >= 4 is 13.1 Å². The largest absolute Gasteiger partial charge is 0.535 e. The number of rotatable bonds is 5. The van der Waals surface area contributed by atoms with Crippen LogP contribution in [-0.2, 0) is 15.9 Å². The van der Waals surface area contributed by atoms with Crippen LogP contribution < -0.4 is 9.39 Å². The Morgan fingerprint density at radius 3 is 2.46 bits per heavy atom. The third kappa shape index (κ3) is 3.41. The predicted octanol–water partition coefficient (Wildman–Crippen LogP) is 1.91. The SMILES string of the molecule is O=C(O)c1c(OC(C2CCCO2)C2CCCO2)ccc2c1OB(O)CC2. The molecule has 2 unspecified atom stereocenters. The van der Waals surface area contributed by atoms with Gasteiger partial charge in [-0.15, -0.1) is 0 Å². The van der Waals surface area contributed by atoms with Crippen molar-refractivity contribution in [1.29, 1.82) is 0 Å². The fourth-order valence-corrected chi connectivity index (χ4v) is 3.98. The highest BCUT2D eigenvalue weighted by Gasteiger charge is 2.38. The van der Waals surface area contributed by atoms with E-state index in [9.17, 15) is 14.9 Å². The Labute approximate surface area is 152 Å². The maximum absolute atomic E-state index is 11.9. The summed E-state index contributed by atoms with van der Waals surface area (Å²) in [6, 6.07) is 3.49. The summed E-state index contributed by atoms with van der Waals surface area (Å²) in [6.45, 7) is 1.37. The topological polar surface area (TPSA) is 94.5 Å². The van der Waals surface area contributed by atoms with Gasteiger partial charge >= 0.3 is 13.1 Å². The molecule has 7 nitrogen and oxygen atoms in total. The second kappa shape index (κ2) is 7.46. The van der Waals surface area contributed by atoms with Crippen LogP contribution in [0.1, 0.15) is 41.6 Å². The number of carboxylic acid groups (broad SMARTS) is 1. The van der Waals surface area contributed by atoms with E-state index in [4.69, 9.17) is 18.9 Å². The maximum Gasteiger partial charge on any atom is 0.522 e. The molecule has 4 rings (SSSR count). The highest BCUT2D eigenvalue weighted by molar-refractivity contribution is 6.44. The number of carbonyl (C=O) groups is 1. The van der Waals surface area contributed by atoms with Crippen molar-refractivity contribution in [3.63, 3.8) is 0 Å². The fraction of sp³-hybridized carbons (Fsp3) is 0.611. The number of hydrogen-bond acceptors (Lipinski definition) is 6. The van der Waals surface area contributed by atoms with Crippen LogP contribution in [0.2, 0.25) is 6.32 Å². The van der Waals surface area contributed by atoms with Gasteiger partial charge in [-0.25, -0.2) is 4.79 Å². The Hall–Kier alpha value is -1.77. The quantitative estimate of drug-likeness (QED) is 0.773. The number of benzene rings is 1. The summed E-state index contributed by atoms with van der Waals surface area (Å²) in [4.78, 5) is 11.9. The summed E-state index contributed by atoms with van der Waals surface area (Å²) in [5.41, 5.74) is 0.730. The van der Waals surface area contributed by atoms with Gasteiger partial charge in [0.1, 0.15) is 17.1 Å². The van der Waals surface area contributed by atoms with Crippen LogP contribution in [-0.4, -0.2) is 54.7 Å². The lowest BCUT2D eigenvalue weighted by molar-refractivity contribution is -0.0626. The number of fused-ring (bicyclic) bond motifs is 1. The summed E-state index contributed by atoms with van der Waals surface area (Å²) < 4.78 is 23.2. The van der Waals surface area contributed by atoms with Gasteiger partial charge in [-0.3, -0.25) is 0 Å². The monoisotopic (exact) mass is 362 g/mol. The minimum atomic E-state index is -1.13. The standard InChI is InChI=1S/C18H23BO7/c20-18(21)15-12(6-5-11-7-8-19(22)26-16(11)15)25-17(13-3-1-9-23-13)14-4-2-10-24-14/h5-6,13-14,17,22H,1-4,7-10H2,(H,20,21). The molecular formula is C18H23BO7. The van der Waals surface area contributed by atoms with Crippen LogP contribution in [0, 0.1) is 0 Å². The fourth-order valence-electron chi connectivity index (χ4n) is 3.98. The third-order valence-corrected chi connectivity index (χ3v) is 5.26. The maximum atomic E-state index is 11.9. The van der Waals surface area contributed by atoms with E-state index in [1.807, 2.05) is 6.07 Å². The highest BCUT2D eigenvalue weighted by atomic mass is 16.6. The molecule has 2 N–H and O–H groups in total. The van der Waals surface area contributed by atoms with Gasteiger partial charge in [-0.2, -0.15) is 0 Å². The first kappa shape index (κ1) is 17.6. The molecule has 3 aliphatic rings. The summed E-state index contributed by atoms with van der Waals surface area (Å²) in [5.74, 6) is -0.696. The van der Waals surface area contributed by atoms with Crippen LogP contribution in [0.5, 0.6) is 11.5 Å². The van der Waals surface area contributed by atoms with Crippen molar-refractivity contribution in [3.8, 4) is 11.5 Å². The molecule has 0 amide bonds. The molecule has 3 aliphatic heterocycles. The molecular weight excluding hydrogens is 339 g/mol. The number of ether oxygens (including phenoxy) is 3. The van der Waals surface area contributed by atoms with E-state index in [1.165, 1.54) is 0 Å². The molecule has 0 bridgehead atoms. The van der Waals surface area contributed by atoms with Crippen molar-refractivity contribution in [3.05, 3.63) is 23.3 Å². The van der Waals surface area contributed by atoms with E-state index >= 15 is 0 Å². The Morgan fingerprint density at radius 2 is 1.88 bits per heavy atom. The first-order valence-corrected chi connectivity index (χ1v) is 9.27. The lowest BCUT2D eigenvalue weighted by Gasteiger charge is -2.30. The van der Waals surface area contributed by atoms with E-state index in [2.05, 4.69) is 0 Å². The molecule has 8 heteroatoms. The molecule has 140 valence electrons. The zero-order chi connectivity index (χ0) is 18.1. The van der Waals surface area contributed by atoms with Crippen molar-refractivity contribution in [2.24, 2.45) is 0 Å². The minimum Gasteiger partial charge on any atom is -0.535 e. The average molecular weight is 362 g/mol. The van der Waals surface area contributed by atoms with Gasteiger partial charge < -0.3 is 29.0 Å². The molecule has 26 heavy (non-hydrogen) atoms. The normalized spacial score (nSPS) is 26.3. The lowest BCUT2D eigenvalue weighted by Crippen LogP contribution is -2.42. The van der Waals surface area contributed by atoms with Gasteiger partial charge in [0.2, 0.25) is 0 Å². The van der Waals surface area contributed by atoms with Crippen LogP contribution in [0.4, 0.5) is 0 Å². The first-order chi connectivity index (χ1) is 12.6. The summed E-state index contributed by atoms with van der Waals surface area (Å²) in [6.07, 6.45) is 4.10. The van der Waals surface area contributed by atoms with Crippen LogP contribution in [0.25, 0.3) is 0 Å². The molecule has 1 aromatic rings.